The van der Waals surface area contributed by atoms with Crippen LogP contribution < -0.4 is 11.1 Å². The second-order valence-electron chi connectivity index (χ2n) is 6.42. The zero-order valence-electron chi connectivity index (χ0n) is 12.3. The fraction of sp³-hybridized carbons (Fsp3) is 0.571. The molecule has 1 fully saturated rings. The summed E-state index contributed by atoms with van der Waals surface area (Å²) in [6.07, 6.45) is 1.48. The molecule has 0 bridgehead atoms. The number of amides is 3. The van der Waals surface area contributed by atoms with Crippen molar-refractivity contribution >= 4 is 11.9 Å². The van der Waals surface area contributed by atoms with Gasteiger partial charge >= 0.3 is 6.03 Å². The maximum Gasteiger partial charge on any atom is 0.325 e. The number of urea groups is 1. The molecule has 1 aromatic heterocycles. The van der Waals surface area contributed by atoms with E-state index in [1.54, 1.807) is 19.1 Å². The summed E-state index contributed by atoms with van der Waals surface area (Å²) in [5.41, 5.74) is 4.72. The summed E-state index contributed by atoms with van der Waals surface area (Å²) in [7, 11) is 0. The molecule has 0 aliphatic carbocycles. The van der Waals surface area contributed by atoms with E-state index in [0.717, 1.165) is 0 Å². The number of imide groups is 1. The molecule has 1 aliphatic heterocycles. The van der Waals surface area contributed by atoms with Crippen LogP contribution in [0.5, 0.6) is 0 Å². The number of carbonyl (C=O) groups is 2. The Balaban J connectivity index is 2.22. The largest absolute Gasteiger partial charge is 0.466 e. The summed E-state index contributed by atoms with van der Waals surface area (Å²) >= 11 is 0. The third-order valence-electron chi connectivity index (χ3n) is 3.78. The molecule has 1 saturated heterocycles. The SMILES string of the molecule is CC1(c2ccco2)NC(=O)N(CC(N)C(C)(C)C)C1=O. The number of nitrogens with two attached hydrogens (primary N) is 1. The first-order chi connectivity index (χ1) is 9.16. The summed E-state index contributed by atoms with van der Waals surface area (Å²) in [4.78, 5) is 25.7. The quantitative estimate of drug-likeness (QED) is 0.819. The topological polar surface area (TPSA) is 88.6 Å². The van der Waals surface area contributed by atoms with Crippen molar-refractivity contribution in [2.75, 3.05) is 6.54 Å². The van der Waals surface area contributed by atoms with E-state index in [9.17, 15) is 9.59 Å². The minimum atomic E-state index is -1.15. The molecule has 2 unspecified atom stereocenters. The van der Waals surface area contributed by atoms with E-state index >= 15 is 0 Å². The summed E-state index contributed by atoms with van der Waals surface area (Å²) in [5, 5.41) is 2.68. The number of hydrogen-bond acceptors (Lipinski definition) is 4. The van der Waals surface area contributed by atoms with Crippen molar-refractivity contribution in [3.8, 4) is 0 Å². The maximum absolute atomic E-state index is 12.5. The standard InChI is InChI=1S/C14H21N3O3/c1-13(2,3)9(15)8-17-11(18)14(4,16-12(17)19)10-6-5-7-20-10/h5-7,9H,8,15H2,1-4H3,(H,16,19). The van der Waals surface area contributed by atoms with Gasteiger partial charge in [0.05, 0.1) is 6.26 Å². The Bertz CT molecular complexity index is 518. The summed E-state index contributed by atoms with van der Waals surface area (Å²) in [6, 6.07) is 2.62. The van der Waals surface area contributed by atoms with Gasteiger partial charge in [0.1, 0.15) is 5.76 Å². The van der Waals surface area contributed by atoms with Gasteiger partial charge in [-0.2, -0.15) is 0 Å². The van der Waals surface area contributed by atoms with Gasteiger partial charge in [-0.15, -0.1) is 0 Å². The molecule has 6 heteroatoms. The highest BCUT2D eigenvalue weighted by atomic mass is 16.3. The van der Waals surface area contributed by atoms with Crippen molar-refractivity contribution in [3.63, 3.8) is 0 Å². The molecule has 2 heterocycles. The van der Waals surface area contributed by atoms with E-state index in [1.165, 1.54) is 11.2 Å². The zero-order chi connectivity index (χ0) is 15.1. The first-order valence-corrected chi connectivity index (χ1v) is 6.60. The molecule has 110 valence electrons. The Morgan fingerprint density at radius 2 is 2.10 bits per heavy atom. The zero-order valence-corrected chi connectivity index (χ0v) is 12.3. The van der Waals surface area contributed by atoms with E-state index in [0.29, 0.717) is 5.76 Å². The Morgan fingerprint density at radius 3 is 2.60 bits per heavy atom. The average molecular weight is 279 g/mol. The number of nitrogens with zero attached hydrogens (tertiary/aromatic N) is 1. The van der Waals surface area contributed by atoms with Crippen molar-refractivity contribution in [1.29, 1.82) is 0 Å². The maximum atomic E-state index is 12.5. The van der Waals surface area contributed by atoms with Crippen LogP contribution in [-0.4, -0.2) is 29.4 Å². The van der Waals surface area contributed by atoms with Crippen LogP contribution in [0.4, 0.5) is 4.79 Å². The molecule has 20 heavy (non-hydrogen) atoms. The van der Waals surface area contributed by atoms with E-state index < -0.39 is 11.6 Å². The molecule has 1 aliphatic rings. The molecule has 3 amide bonds. The van der Waals surface area contributed by atoms with Crippen LogP contribution in [0, 0.1) is 5.41 Å². The molecule has 3 N–H and O–H groups in total. The van der Waals surface area contributed by atoms with Crippen molar-refractivity contribution < 1.29 is 14.0 Å². The van der Waals surface area contributed by atoms with Crippen molar-refractivity contribution in [1.82, 2.24) is 10.2 Å². The van der Waals surface area contributed by atoms with Crippen molar-refractivity contribution in [3.05, 3.63) is 24.2 Å². The van der Waals surface area contributed by atoms with Gasteiger partial charge < -0.3 is 15.5 Å². The lowest BCUT2D eigenvalue weighted by atomic mass is 9.87. The van der Waals surface area contributed by atoms with Crippen LogP contribution in [0.3, 0.4) is 0 Å². The van der Waals surface area contributed by atoms with Gasteiger partial charge in [0, 0.05) is 12.6 Å². The molecular weight excluding hydrogens is 258 g/mol. The predicted molar refractivity (Wildman–Crippen MR) is 73.7 cm³/mol. The van der Waals surface area contributed by atoms with Gasteiger partial charge in [-0.1, -0.05) is 20.8 Å². The van der Waals surface area contributed by atoms with Gasteiger partial charge in [-0.25, -0.2) is 4.79 Å². The monoisotopic (exact) mass is 279 g/mol. The number of furan rings is 1. The van der Waals surface area contributed by atoms with Gasteiger partial charge in [-0.05, 0) is 24.5 Å². The Hall–Kier alpha value is -1.82. The number of nitrogens with one attached hydrogen (secondary N) is 1. The molecule has 0 saturated carbocycles. The van der Waals surface area contributed by atoms with Gasteiger partial charge in [-0.3, -0.25) is 9.69 Å². The molecular formula is C14H21N3O3. The number of carbonyl (C=O) groups excluding carboxylic acids is 2. The first-order valence-electron chi connectivity index (χ1n) is 6.60. The van der Waals surface area contributed by atoms with Crippen molar-refractivity contribution in [2.24, 2.45) is 11.1 Å². The van der Waals surface area contributed by atoms with E-state index in [-0.39, 0.29) is 23.9 Å². The minimum absolute atomic E-state index is 0.185. The average Bonchev–Trinajstić information content (AvgIpc) is 2.92. The lowest BCUT2D eigenvalue weighted by Crippen LogP contribution is -2.48. The van der Waals surface area contributed by atoms with Crippen LogP contribution in [0.15, 0.2) is 22.8 Å². The fourth-order valence-corrected chi connectivity index (χ4v) is 2.06. The first kappa shape index (κ1) is 14.6. The van der Waals surface area contributed by atoms with Crippen LogP contribution in [-0.2, 0) is 10.3 Å². The predicted octanol–water partition coefficient (Wildman–Crippen LogP) is 1.42. The Morgan fingerprint density at radius 1 is 1.45 bits per heavy atom. The summed E-state index contributed by atoms with van der Waals surface area (Å²) in [5.74, 6) is 0.0832. The molecule has 0 spiro atoms. The van der Waals surface area contributed by atoms with Gasteiger partial charge in [0.25, 0.3) is 5.91 Å². The van der Waals surface area contributed by atoms with Gasteiger partial charge in [0.2, 0.25) is 0 Å². The molecule has 2 atom stereocenters. The lowest BCUT2D eigenvalue weighted by Gasteiger charge is -2.30. The third-order valence-corrected chi connectivity index (χ3v) is 3.78. The second-order valence-corrected chi connectivity index (χ2v) is 6.42. The Labute approximate surface area is 118 Å². The van der Waals surface area contributed by atoms with E-state index in [4.69, 9.17) is 10.2 Å². The van der Waals surface area contributed by atoms with Crippen LogP contribution in [0.25, 0.3) is 0 Å². The smallest absolute Gasteiger partial charge is 0.325 e. The highest BCUT2D eigenvalue weighted by Crippen LogP contribution is 2.30. The normalized spacial score (nSPS) is 24.9. The second kappa shape index (κ2) is 4.63. The number of hydrogen-bond donors (Lipinski definition) is 2. The third kappa shape index (κ3) is 2.31. The minimum Gasteiger partial charge on any atom is -0.466 e. The molecule has 2 rings (SSSR count). The number of rotatable bonds is 3. The van der Waals surface area contributed by atoms with E-state index in [2.05, 4.69) is 5.32 Å². The molecule has 0 radical (unpaired) electrons. The summed E-state index contributed by atoms with van der Waals surface area (Å²) < 4.78 is 5.27. The van der Waals surface area contributed by atoms with Crippen LogP contribution in [0.1, 0.15) is 33.5 Å². The molecule has 1 aromatic rings. The van der Waals surface area contributed by atoms with Gasteiger partial charge in [0.15, 0.2) is 5.54 Å². The van der Waals surface area contributed by atoms with E-state index in [1.807, 2.05) is 20.8 Å². The molecule has 0 aromatic carbocycles. The van der Waals surface area contributed by atoms with Crippen molar-refractivity contribution in [2.45, 2.75) is 39.3 Å². The summed E-state index contributed by atoms with van der Waals surface area (Å²) in [6.45, 7) is 7.74. The lowest BCUT2D eigenvalue weighted by molar-refractivity contribution is -0.132. The van der Waals surface area contributed by atoms with Crippen LogP contribution >= 0.6 is 0 Å². The van der Waals surface area contributed by atoms with Crippen LogP contribution in [0.2, 0.25) is 0 Å². The Kier molecular flexibility index (Phi) is 3.37. The highest BCUT2D eigenvalue weighted by Gasteiger charge is 2.51. The highest BCUT2D eigenvalue weighted by molar-refractivity contribution is 6.06. The molecule has 6 nitrogen and oxygen atoms in total. The fourth-order valence-electron chi connectivity index (χ4n) is 2.06.